The molecule has 1 amide bonds. The highest BCUT2D eigenvalue weighted by Gasteiger charge is 2.16. The number of aryl methyl sites for hydroxylation is 1. The van der Waals surface area contributed by atoms with Crippen LogP contribution in [-0.2, 0) is 4.79 Å². The third-order valence-electron chi connectivity index (χ3n) is 3.26. The first-order valence-corrected chi connectivity index (χ1v) is 6.77. The van der Waals surface area contributed by atoms with E-state index in [4.69, 9.17) is 5.73 Å². The van der Waals surface area contributed by atoms with Crippen molar-refractivity contribution >= 4 is 5.91 Å². The molecule has 0 fully saturated rings. The number of amides is 1. The molecular formula is C15H23FN2O. The highest BCUT2D eigenvalue weighted by atomic mass is 19.1. The van der Waals surface area contributed by atoms with Crippen LogP contribution in [0.5, 0.6) is 0 Å². The Kier molecular flexibility index (Phi) is 5.96. The Balaban J connectivity index is 2.60. The topological polar surface area (TPSA) is 55.1 Å². The van der Waals surface area contributed by atoms with Crippen LogP contribution < -0.4 is 11.1 Å². The number of halogens is 1. The number of benzene rings is 1. The minimum atomic E-state index is -0.488. The van der Waals surface area contributed by atoms with E-state index in [0.717, 1.165) is 18.4 Å². The van der Waals surface area contributed by atoms with Gasteiger partial charge in [0, 0.05) is 0 Å². The lowest BCUT2D eigenvalue weighted by atomic mass is 10.0. The van der Waals surface area contributed by atoms with Crippen molar-refractivity contribution in [3.8, 4) is 0 Å². The Labute approximate surface area is 114 Å². The molecule has 0 aliphatic carbocycles. The Morgan fingerprint density at radius 2 is 2.16 bits per heavy atom. The number of rotatable bonds is 6. The monoisotopic (exact) mass is 266 g/mol. The van der Waals surface area contributed by atoms with Crippen LogP contribution in [0.4, 0.5) is 4.39 Å². The van der Waals surface area contributed by atoms with Crippen molar-refractivity contribution in [2.75, 3.05) is 0 Å². The van der Waals surface area contributed by atoms with Crippen LogP contribution in [0.15, 0.2) is 18.2 Å². The first kappa shape index (κ1) is 15.6. The molecule has 0 radical (unpaired) electrons. The predicted octanol–water partition coefficient (Wildman–Crippen LogP) is 2.83. The summed E-state index contributed by atoms with van der Waals surface area (Å²) in [5, 5.41) is 2.82. The van der Waals surface area contributed by atoms with Crippen LogP contribution in [0, 0.1) is 12.7 Å². The molecule has 0 aliphatic heterocycles. The van der Waals surface area contributed by atoms with Gasteiger partial charge in [0.05, 0.1) is 12.1 Å². The van der Waals surface area contributed by atoms with Crippen LogP contribution in [-0.4, -0.2) is 11.9 Å². The third kappa shape index (κ3) is 4.63. The molecule has 4 heteroatoms. The fourth-order valence-corrected chi connectivity index (χ4v) is 1.84. The van der Waals surface area contributed by atoms with Gasteiger partial charge in [-0.05, 0) is 37.5 Å². The standard InChI is InChI=1S/C15H23FN2O/c1-4-5-6-14(17)15(19)18-11(3)12-8-7-10(2)13(16)9-12/h7-9,11,14H,4-6,17H2,1-3H3,(H,18,19)/t11?,14-/m0/s1. The highest BCUT2D eigenvalue weighted by Crippen LogP contribution is 2.16. The molecule has 1 unspecified atom stereocenters. The lowest BCUT2D eigenvalue weighted by Gasteiger charge is -2.18. The minimum absolute atomic E-state index is 0.179. The van der Waals surface area contributed by atoms with E-state index >= 15 is 0 Å². The quantitative estimate of drug-likeness (QED) is 0.832. The molecule has 0 saturated carbocycles. The van der Waals surface area contributed by atoms with Crippen molar-refractivity contribution in [3.05, 3.63) is 35.1 Å². The van der Waals surface area contributed by atoms with E-state index < -0.39 is 6.04 Å². The zero-order valence-electron chi connectivity index (χ0n) is 11.9. The summed E-state index contributed by atoms with van der Waals surface area (Å²) < 4.78 is 13.5. The van der Waals surface area contributed by atoms with E-state index in [1.54, 1.807) is 13.0 Å². The van der Waals surface area contributed by atoms with Crippen molar-refractivity contribution in [2.24, 2.45) is 5.73 Å². The third-order valence-corrected chi connectivity index (χ3v) is 3.26. The van der Waals surface area contributed by atoms with Gasteiger partial charge in [0.1, 0.15) is 5.82 Å². The average molecular weight is 266 g/mol. The lowest BCUT2D eigenvalue weighted by molar-refractivity contribution is -0.123. The number of hydrogen-bond acceptors (Lipinski definition) is 2. The second-order valence-corrected chi connectivity index (χ2v) is 4.99. The first-order valence-electron chi connectivity index (χ1n) is 6.77. The van der Waals surface area contributed by atoms with Crippen LogP contribution in [0.3, 0.4) is 0 Å². The summed E-state index contributed by atoms with van der Waals surface area (Å²) in [6.07, 6.45) is 2.62. The fraction of sp³-hybridized carbons (Fsp3) is 0.533. The highest BCUT2D eigenvalue weighted by molar-refractivity contribution is 5.81. The lowest BCUT2D eigenvalue weighted by Crippen LogP contribution is -2.41. The first-order chi connectivity index (χ1) is 8.95. The molecule has 3 nitrogen and oxygen atoms in total. The SMILES string of the molecule is CCCC[C@H](N)C(=O)NC(C)c1ccc(C)c(F)c1. The molecule has 0 spiro atoms. The molecule has 0 aliphatic rings. The van der Waals surface area contributed by atoms with E-state index in [1.807, 2.05) is 13.0 Å². The zero-order chi connectivity index (χ0) is 14.4. The van der Waals surface area contributed by atoms with Gasteiger partial charge in [-0.1, -0.05) is 31.9 Å². The van der Waals surface area contributed by atoms with Gasteiger partial charge < -0.3 is 11.1 Å². The molecule has 1 aromatic rings. The summed E-state index contributed by atoms with van der Waals surface area (Å²) in [6, 6.07) is 4.26. The molecule has 1 aromatic carbocycles. The van der Waals surface area contributed by atoms with Crippen molar-refractivity contribution in [1.29, 1.82) is 0 Å². The summed E-state index contributed by atoms with van der Waals surface area (Å²) in [4.78, 5) is 11.9. The van der Waals surface area contributed by atoms with Gasteiger partial charge >= 0.3 is 0 Å². The zero-order valence-corrected chi connectivity index (χ0v) is 11.9. The smallest absolute Gasteiger partial charge is 0.237 e. The van der Waals surface area contributed by atoms with Gasteiger partial charge in [-0.25, -0.2) is 4.39 Å². The Hall–Kier alpha value is -1.42. The summed E-state index contributed by atoms with van der Waals surface area (Å²) in [5.41, 5.74) is 7.15. The molecule has 0 heterocycles. The van der Waals surface area contributed by atoms with Gasteiger partial charge in [-0.2, -0.15) is 0 Å². The van der Waals surface area contributed by atoms with Crippen LogP contribution in [0.25, 0.3) is 0 Å². The van der Waals surface area contributed by atoms with Gasteiger partial charge in [-0.3, -0.25) is 4.79 Å². The number of nitrogens with two attached hydrogens (primary N) is 1. The maximum atomic E-state index is 13.5. The maximum Gasteiger partial charge on any atom is 0.237 e. The fourth-order valence-electron chi connectivity index (χ4n) is 1.84. The number of carbonyl (C=O) groups excluding carboxylic acids is 1. The van der Waals surface area contributed by atoms with Crippen molar-refractivity contribution in [3.63, 3.8) is 0 Å². The second kappa shape index (κ2) is 7.24. The molecule has 106 valence electrons. The van der Waals surface area contributed by atoms with Crippen LogP contribution in [0.2, 0.25) is 0 Å². The van der Waals surface area contributed by atoms with Crippen molar-refractivity contribution in [1.82, 2.24) is 5.32 Å². The van der Waals surface area contributed by atoms with E-state index in [9.17, 15) is 9.18 Å². The minimum Gasteiger partial charge on any atom is -0.348 e. The summed E-state index contributed by atoms with van der Waals surface area (Å²) >= 11 is 0. The molecule has 0 aromatic heterocycles. The molecular weight excluding hydrogens is 243 g/mol. The largest absolute Gasteiger partial charge is 0.348 e. The maximum absolute atomic E-state index is 13.5. The van der Waals surface area contributed by atoms with Crippen LogP contribution in [0.1, 0.15) is 50.3 Å². The Morgan fingerprint density at radius 1 is 1.47 bits per heavy atom. The summed E-state index contributed by atoms with van der Waals surface area (Å²) in [6.45, 7) is 5.60. The number of nitrogens with one attached hydrogen (secondary N) is 1. The number of carbonyl (C=O) groups is 1. The molecule has 1 rings (SSSR count). The van der Waals surface area contributed by atoms with Crippen molar-refractivity contribution in [2.45, 2.75) is 52.1 Å². The van der Waals surface area contributed by atoms with Gasteiger partial charge in [0.25, 0.3) is 0 Å². The molecule has 3 N–H and O–H groups in total. The van der Waals surface area contributed by atoms with E-state index in [1.165, 1.54) is 6.07 Å². The molecule has 0 bridgehead atoms. The van der Waals surface area contributed by atoms with Gasteiger partial charge in [0.2, 0.25) is 5.91 Å². The van der Waals surface area contributed by atoms with Crippen molar-refractivity contribution < 1.29 is 9.18 Å². The molecule has 2 atom stereocenters. The summed E-state index contributed by atoms with van der Waals surface area (Å²) in [5.74, 6) is -0.434. The number of hydrogen-bond donors (Lipinski definition) is 2. The molecule has 0 saturated heterocycles. The van der Waals surface area contributed by atoms with Gasteiger partial charge in [0.15, 0.2) is 0 Å². The summed E-state index contributed by atoms with van der Waals surface area (Å²) in [7, 11) is 0. The Morgan fingerprint density at radius 3 is 2.74 bits per heavy atom. The Bertz CT molecular complexity index is 434. The molecule has 19 heavy (non-hydrogen) atoms. The average Bonchev–Trinajstić information content (AvgIpc) is 2.38. The predicted molar refractivity (Wildman–Crippen MR) is 75.2 cm³/mol. The van der Waals surface area contributed by atoms with E-state index in [2.05, 4.69) is 12.2 Å². The van der Waals surface area contributed by atoms with E-state index in [-0.39, 0.29) is 17.8 Å². The second-order valence-electron chi connectivity index (χ2n) is 4.99. The van der Waals surface area contributed by atoms with Gasteiger partial charge in [-0.15, -0.1) is 0 Å². The van der Waals surface area contributed by atoms with E-state index in [0.29, 0.717) is 12.0 Å². The normalized spacial score (nSPS) is 13.9. The number of unbranched alkanes of at least 4 members (excludes halogenated alkanes) is 1. The van der Waals surface area contributed by atoms with Crippen LogP contribution >= 0.6 is 0 Å².